The number of nitrogens with one attached hydrogen (secondary N) is 2. The van der Waals surface area contributed by atoms with E-state index in [4.69, 9.17) is 4.74 Å². The van der Waals surface area contributed by atoms with Crippen LogP contribution in [0.2, 0.25) is 0 Å². The first-order chi connectivity index (χ1) is 12.3. The molecule has 140 valence electrons. The van der Waals surface area contributed by atoms with Crippen LogP contribution in [-0.2, 0) is 17.6 Å². The number of amides is 1. The number of aryl methyl sites for hydroxylation is 1. The minimum absolute atomic E-state index is 0.00843. The van der Waals surface area contributed by atoms with Gasteiger partial charge < -0.3 is 15.0 Å². The minimum Gasteiger partial charge on any atom is -0.465 e. The molecule has 5 nitrogen and oxygen atoms in total. The number of aromatic amines is 1. The standard InChI is InChI=1S/C19H22F2N2O3/c1-5-15-16(19(25)26-4)11(3)17(23-15)18(24)22-10(2)9-12-13(20)7-6-8-14(12)21/h6-8,10,23H,5,9H2,1-4H3,(H,22,24). The van der Waals surface area contributed by atoms with Crippen molar-refractivity contribution in [1.82, 2.24) is 10.3 Å². The van der Waals surface area contributed by atoms with Crippen LogP contribution in [0, 0.1) is 18.6 Å². The average molecular weight is 364 g/mol. The van der Waals surface area contributed by atoms with Gasteiger partial charge in [-0.05, 0) is 44.4 Å². The van der Waals surface area contributed by atoms with E-state index in [1.165, 1.54) is 25.3 Å². The molecule has 0 fully saturated rings. The van der Waals surface area contributed by atoms with E-state index >= 15 is 0 Å². The second-order valence-electron chi connectivity index (χ2n) is 6.10. The molecule has 1 unspecified atom stereocenters. The highest BCUT2D eigenvalue weighted by atomic mass is 19.1. The van der Waals surface area contributed by atoms with Gasteiger partial charge in [-0.3, -0.25) is 4.79 Å². The van der Waals surface area contributed by atoms with Crippen molar-refractivity contribution in [3.05, 3.63) is 57.9 Å². The maximum Gasteiger partial charge on any atom is 0.339 e. The Hall–Kier alpha value is -2.70. The molecule has 7 heteroatoms. The topological polar surface area (TPSA) is 71.2 Å². The lowest BCUT2D eigenvalue weighted by molar-refractivity contribution is 0.0599. The molecule has 0 saturated heterocycles. The largest absolute Gasteiger partial charge is 0.465 e. The number of esters is 1. The van der Waals surface area contributed by atoms with Crippen LogP contribution >= 0.6 is 0 Å². The van der Waals surface area contributed by atoms with Gasteiger partial charge in [0.25, 0.3) is 5.91 Å². The van der Waals surface area contributed by atoms with Crippen molar-refractivity contribution < 1.29 is 23.1 Å². The predicted molar refractivity (Wildman–Crippen MR) is 93.2 cm³/mol. The summed E-state index contributed by atoms with van der Waals surface area (Å²) in [6.45, 7) is 5.16. The molecule has 0 saturated carbocycles. The Morgan fingerprint density at radius 3 is 2.42 bits per heavy atom. The van der Waals surface area contributed by atoms with E-state index in [0.29, 0.717) is 23.2 Å². The van der Waals surface area contributed by atoms with Crippen molar-refractivity contribution in [2.45, 2.75) is 39.7 Å². The Bertz CT molecular complexity index is 810. The molecular weight excluding hydrogens is 342 g/mol. The van der Waals surface area contributed by atoms with Crippen molar-refractivity contribution in [2.75, 3.05) is 7.11 Å². The number of carbonyl (C=O) groups is 2. The fourth-order valence-electron chi connectivity index (χ4n) is 2.91. The molecule has 2 N–H and O–H groups in total. The summed E-state index contributed by atoms with van der Waals surface area (Å²) < 4.78 is 32.3. The molecule has 0 bridgehead atoms. The number of aromatic nitrogens is 1. The summed E-state index contributed by atoms with van der Waals surface area (Å²) in [5.41, 5.74) is 1.59. The lowest BCUT2D eigenvalue weighted by atomic mass is 10.1. The van der Waals surface area contributed by atoms with Crippen molar-refractivity contribution in [3.63, 3.8) is 0 Å². The number of H-pyrrole nitrogens is 1. The lowest BCUT2D eigenvalue weighted by Crippen LogP contribution is -2.35. The Morgan fingerprint density at radius 1 is 1.27 bits per heavy atom. The number of hydrogen-bond donors (Lipinski definition) is 2. The zero-order valence-corrected chi connectivity index (χ0v) is 15.2. The Balaban J connectivity index is 2.19. The summed E-state index contributed by atoms with van der Waals surface area (Å²) in [4.78, 5) is 27.4. The number of halogens is 2. The van der Waals surface area contributed by atoms with E-state index in [1.54, 1.807) is 13.8 Å². The van der Waals surface area contributed by atoms with Crippen LogP contribution in [0.15, 0.2) is 18.2 Å². The van der Waals surface area contributed by atoms with Gasteiger partial charge in [-0.15, -0.1) is 0 Å². The molecule has 0 aliphatic heterocycles. The highest BCUT2D eigenvalue weighted by Gasteiger charge is 2.24. The van der Waals surface area contributed by atoms with Gasteiger partial charge in [-0.1, -0.05) is 13.0 Å². The highest BCUT2D eigenvalue weighted by Crippen LogP contribution is 2.21. The van der Waals surface area contributed by atoms with Crippen molar-refractivity contribution >= 4 is 11.9 Å². The fourth-order valence-corrected chi connectivity index (χ4v) is 2.91. The molecule has 1 heterocycles. The van der Waals surface area contributed by atoms with Crippen LogP contribution in [0.1, 0.15) is 51.5 Å². The number of rotatable bonds is 6. The molecule has 2 aromatic rings. The normalized spacial score (nSPS) is 11.9. The summed E-state index contributed by atoms with van der Waals surface area (Å²) in [5, 5.41) is 2.71. The first kappa shape index (κ1) is 19.6. The number of methoxy groups -OCH3 is 1. The van der Waals surface area contributed by atoms with Crippen LogP contribution in [0.5, 0.6) is 0 Å². The van der Waals surface area contributed by atoms with Crippen LogP contribution in [0.4, 0.5) is 8.78 Å². The van der Waals surface area contributed by atoms with E-state index in [-0.39, 0.29) is 17.7 Å². The van der Waals surface area contributed by atoms with Gasteiger partial charge >= 0.3 is 5.97 Å². The Labute approximate surface area is 150 Å². The molecule has 26 heavy (non-hydrogen) atoms. The summed E-state index contributed by atoms with van der Waals surface area (Å²) in [6.07, 6.45) is 0.531. The van der Waals surface area contributed by atoms with E-state index in [0.717, 1.165) is 0 Å². The van der Waals surface area contributed by atoms with Gasteiger partial charge in [-0.25, -0.2) is 13.6 Å². The fraction of sp³-hybridized carbons (Fsp3) is 0.368. The monoisotopic (exact) mass is 364 g/mol. The third kappa shape index (κ3) is 3.92. The van der Waals surface area contributed by atoms with Gasteiger partial charge in [0.1, 0.15) is 17.3 Å². The minimum atomic E-state index is -0.650. The maximum atomic E-state index is 13.8. The third-order valence-electron chi connectivity index (χ3n) is 4.25. The molecule has 0 aliphatic rings. The average Bonchev–Trinajstić information content (AvgIpc) is 2.94. The first-order valence-corrected chi connectivity index (χ1v) is 8.33. The van der Waals surface area contributed by atoms with Crippen LogP contribution < -0.4 is 5.32 Å². The Kier molecular flexibility index (Phi) is 6.13. The summed E-state index contributed by atoms with van der Waals surface area (Å²) >= 11 is 0. The van der Waals surface area contributed by atoms with Gasteiger partial charge in [0.2, 0.25) is 0 Å². The zero-order valence-electron chi connectivity index (χ0n) is 15.2. The van der Waals surface area contributed by atoms with E-state index in [9.17, 15) is 18.4 Å². The second kappa shape index (κ2) is 8.12. The van der Waals surface area contributed by atoms with Gasteiger partial charge in [0.05, 0.1) is 12.7 Å². The number of ether oxygens (including phenoxy) is 1. The SMILES string of the molecule is CCc1[nH]c(C(=O)NC(C)Cc2c(F)cccc2F)c(C)c1C(=O)OC. The molecule has 1 aromatic carbocycles. The van der Waals surface area contributed by atoms with Crippen LogP contribution in [-0.4, -0.2) is 30.0 Å². The summed E-state index contributed by atoms with van der Waals surface area (Å²) in [7, 11) is 1.28. The number of carbonyl (C=O) groups excluding carboxylic acids is 2. The van der Waals surface area contributed by atoms with Gasteiger partial charge in [0.15, 0.2) is 0 Å². The quantitative estimate of drug-likeness (QED) is 0.773. The first-order valence-electron chi connectivity index (χ1n) is 8.33. The molecule has 0 spiro atoms. The van der Waals surface area contributed by atoms with Crippen molar-refractivity contribution in [1.29, 1.82) is 0 Å². The third-order valence-corrected chi connectivity index (χ3v) is 4.25. The zero-order chi connectivity index (χ0) is 19.4. The summed E-state index contributed by atoms with van der Waals surface area (Å²) in [6, 6.07) is 3.14. The molecule has 0 aliphatic carbocycles. The van der Waals surface area contributed by atoms with Crippen molar-refractivity contribution in [3.8, 4) is 0 Å². The highest BCUT2D eigenvalue weighted by molar-refractivity contribution is 6.00. The number of benzene rings is 1. The second-order valence-corrected chi connectivity index (χ2v) is 6.10. The molecule has 1 atom stereocenters. The van der Waals surface area contributed by atoms with Gasteiger partial charge in [0, 0.05) is 17.3 Å². The van der Waals surface area contributed by atoms with Crippen molar-refractivity contribution in [2.24, 2.45) is 0 Å². The lowest BCUT2D eigenvalue weighted by Gasteiger charge is -2.15. The van der Waals surface area contributed by atoms with Gasteiger partial charge in [-0.2, -0.15) is 0 Å². The van der Waals surface area contributed by atoms with E-state index in [2.05, 4.69) is 10.3 Å². The molecule has 2 rings (SSSR count). The molecule has 1 amide bonds. The van der Waals surface area contributed by atoms with Crippen LogP contribution in [0.25, 0.3) is 0 Å². The molecule has 1 aromatic heterocycles. The van der Waals surface area contributed by atoms with E-state index in [1.807, 2.05) is 6.92 Å². The Morgan fingerprint density at radius 2 is 1.88 bits per heavy atom. The summed E-state index contributed by atoms with van der Waals surface area (Å²) in [5.74, 6) is -2.26. The smallest absolute Gasteiger partial charge is 0.339 e. The predicted octanol–water partition coefficient (Wildman–Crippen LogP) is 3.31. The maximum absolute atomic E-state index is 13.8. The van der Waals surface area contributed by atoms with Crippen LogP contribution in [0.3, 0.4) is 0 Å². The molecule has 0 radical (unpaired) electrons. The number of hydrogen-bond acceptors (Lipinski definition) is 3. The van der Waals surface area contributed by atoms with E-state index < -0.39 is 29.6 Å². The molecular formula is C19H22F2N2O3.